The van der Waals surface area contributed by atoms with Crippen molar-refractivity contribution in [2.75, 3.05) is 18.1 Å². The number of rotatable bonds is 6. The summed E-state index contributed by atoms with van der Waals surface area (Å²) in [6.45, 7) is 1.31. The van der Waals surface area contributed by atoms with Crippen LogP contribution in [0.3, 0.4) is 0 Å². The third-order valence-corrected chi connectivity index (χ3v) is 5.07. The van der Waals surface area contributed by atoms with Gasteiger partial charge in [0.15, 0.2) is 5.58 Å². The summed E-state index contributed by atoms with van der Waals surface area (Å²) in [6.07, 6.45) is 2.99. The van der Waals surface area contributed by atoms with Crippen LogP contribution in [0.2, 0.25) is 0 Å². The van der Waals surface area contributed by atoms with Crippen LogP contribution in [0, 0.1) is 0 Å². The summed E-state index contributed by atoms with van der Waals surface area (Å²) in [6, 6.07) is 14.1. The van der Waals surface area contributed by atoms with E-state index in [-0.39, 0.29) is 12.5 Å². The molecule has 0 unspecified atom stereocenters. The van der Waals surface area contributed by atoms with E-state index in [4.69, 9.17) is 9.15 Å². The number of esters is 1. The number of carbonyl (C=O) groups is 2. The van der Waals surface area contributed by atoms with Gasteiger partial charge in [-0.25, -0.2) is 9.59 Å². The number of para-hydroxylation sites is 2. The highest BCUT2D eigenvalue weighted by molar-refractivity contribution is 5.95. The average molecular weight is 394 g/mol. The Kier molecular flexibility index (Phi) is 5.46. The number of aromatic nitrogens is 1. The number of benzene rings is 2. The minimum absolute atomic E-state index is 0.119. The minimum Gasteiger partial charge on any atom is -0.462 e. The molecule has 0 bridgehead atoms. The predicted molar refractivity (Wildman–Crippen MR) is 108 cm³/mol. The maximum Gasteiger partial charge on any atom is 0.419 e. The topological polar surface area (TPSA) is 81.8 Å². The number of nitrogens with zero attached hydrogens (tertiary/aromatic N) is 2. The summed E-state index contributed by atoms with van der Waals surface area (Å²) < 4.78 is 12.0. The van der Waals surface area contributed by atoms with Gasteiger partial charge in [0.25, 0.3) is 0 Å². The largest absolute Gasteiger partial charge is 0.462 e. The fraction of sp³-hybridized carbons (Fsp3) is 0.318. The SMILES string of the molecule is O=C(OCCCn1c(=O)oc2ccccc21)c1ccc(N2CCCCC2=O)cc1. The van der Waals surface area contributed by atoms with Gasteiger partial charge in [0.05, 0.1) is 17.7 Å². The number of fused-ring (bicyclic) bond motifs is 1. The Hall–Kier alpha value is -3.35. The first-order valence-electron chi connectivity index (χ1n) is 9.79. The number of carbonyl (C=O) groups excluding carboxylic acids is 2. The van der Waals surface area contributed by atoms with E-state index in [0.29, 0.717) is 37.1 Å². The van der Waals surface area contributed by atoms with E-state index < -0.39 is 11.7 Å². The van der Waals surface area contributed by atoms with Crippen molar-refractivity contribution < 1.29 is 18.7 Å². The molecule has 150 valence electrons. The Balaban J connectivity index is 1.31. The third kappa shape index (κ3) is 4.08. The van der Waals surface area contributed by atoms with Gasteiger partial charge in [-0.3, -0.25) is 9.36 Å². The van der Waals surface area contributed by atoms with E-state index in [9.17, 15) is 14.4 Å². The van der Waals surface area contributed by atoms with Crippen LogP contribution in [-0.4, -0.2) is 29.6 Å². The van der Waals surface area contributed by atoms with Crippen molar-refractivity contribution >= 4 is 28.7 Å². The second-order valence-corrected chi connectivity index (χ2v) is 7.03. The fourth-order valence-corrected chi connectivity index (χ4v) is 3.55. The Labute approximate surface area is 167 Å². The molecule has 1 aromatic heterocycles. The minimum atomic E-state index is -0.425. The van der Waals surface area contributed by atoms with Crippen LogP contribution < -0.4 is 10.7 Å². The Morgan fingerprint density at radius 1 is 1.03 bits per heavy atom. The van der Waals surface area contributed by atoms with Crippen LogP contribution >= 0.6 is 0 Å². The zero-order chi connectivity index (χ0) is 20.2. The van der Waals surface area contributed by atoms with Crippen LogP contribution in [0.1, 0.15) is 36.0 Å². The molecule has 0 N–H and O–H groups in total. The first-order valence-corrected chi connectivity index (χ1v) is 9.79. The molecular formula is C22H22N2O5. The summed E-state index contributed by atoms with van der Waals surface area (Å²) in [5, 5.41) is 0. The molecule has 3 aromatic rings. The van der Waals surface area contributed by atoms with Crippen molar-refractivity contribution in [1.82, 2.24) is 4.57 Å². The van der Waals surface area contributed by atoms with Crippen molar-refractivity contribution in [2.45, 2.75) is 32.2 Å². The molecule has 0 radical (unpaired) electrons. The monoisotopic (exact) mass is 394 g/mol. The first kappa shape index (κ1) is 19.0. The van der Waals surface area contributed by atoms with Crippen LogP contribution in [0.25, 0.3) is 11.1 Å². The number of piperidine rings is 1. The molecule has 2 heterocycles. The highest BCUT2D eigenvalue weighted by atomic mass is 16.5. The first-order chi connectivity index (χ1) is 14.1. The summed E-state index contributed by atoms with van der Waals surface area (Å²) in [4.78, 5) is 37.9. The van der Waals surface area contributed by atoms with Gasteiger partial charge in [-0.2, -0.15) is 0 Å². The lowest BCUT2D eigenvalue weighted by Gasteiger charge is -2.26. The molecule has 1 saturated heterocycles. The zero-order valence-electron chi connectivity index (χ0n) is 16.0. The summed E-state index contributed by atoms with van der Waals surface area (Å²) in [5.74, 6) is -0.722. The van der Waals surface area contributed by atoms with Crippen molar-refractivity contribution in [3.8, 4) is 0 Å². The van der Waals surface area contributed by atoms with Crippen LogP contribution in [0.4, 0.5) is 5.69 Å². The lowest BCUT2D eigenvalue weighted by Crippen LogP contribution is -2.35. The molecule has 4 rings (SSSR count). The molecular weight excluding hydrogens is 372 g/mol. The summed E-state index contributed by atoms with van der Waals surface area (Å²) >= 11 is 0. The normalized spacial score (nSPS) is 14.3. The molecule has 1 aliphatic rings. The standard InChI is InChI=1S/C22H22N2O5/c25-20-8-3-4-13-23(20)17-11-9-16(10-12-17)21(26)28-15-5-14-24-18-6-1-2-7-19(18)29-22(24)27/h1-2,6-7,9-12H,3-5,8,13-15H2. The molecule has 0 aliphatic carbocycles. The average Bonchev–Trinajstić information content (AvgIpc) is 3.06. The van der Waals surface area contributed by atoms with Crippen LogP contribution in [0.15, 0.2) is 57.7 Å². The van der Waals surface area contributed by atoms with Crippen LogP contribution in [-0.2, 0) is 16.1 Å². The van der Waals surface area contributed by atoms with Crippen molar-refractivity contribution in [1.29, 1.82) is 0 Å². The van der Waals surface area contributed by atoms with E-state index in [1.807, 2.05) is 18.2 Å². The van der Waals surface area contributed by atoms with Crippen LogP contribution in [0.5, 0.6) is 0 Å². The fourth-order valence-electron chi connectivity index (χ4n) is 3.55. The Bertz CT molecular complexity index is 1080. The van der Waals surface area contributed by atoms with Gasteiger partial charge in [0.2, 0.25) is 5.91 Å². The van der Waals surface area contributed by atoms with E-state index >= 15 is 0 Å². The van der Waals surface area contributed by atoms with Crippen molar-refractivity contribution in [3.05, 3.63) is 64.6 Å². The number of oxazole rings is 1. The van der Waals surface area contributed by atoms with Crippen molar-refractivity contribution in [2.24, 2.45) is 0 Å². The van der Waals surface area contributed by atoms with Gasteiger partial charge in [-0.1, -0.05) is 12.1 Å². The number of anilines is 1. The van der Waals surface area contributed by atoms with E-state index in [0.717, 1.165) is 24.0 Å². The quantitative estimate of drug-likeness (QED) is 0.473. The number of amides is 1. The number of hydrogen-bond donors (Lipinski definition) is 0. The highest BCUT2D eigenvalue weighted by Gasteiger charge is 2.19. The number of ether oxygens (including phenoxy) is 1. The lowest BCUT2D eigenvalue weighted by atomic mass is 10.1. The van der Waals surface area contributed by atoms with Gasteiger partial charge >= 0.3 is 11.7 Å². The highest BCUT2D eigenvalue weighted by Crippen LogP contribution is 2.21. The molecule has 0 spiro atoms. The third-order valence-electron chi connectivity index (χ3n) is 5.07. The van der Waals surface area contributed by atoms with E-state index in [1.165, 1.54) is 4.57 Å². The van der Waals surface area contributed by atoms with E-state index in [2.05, 4.69) is 0 Å². The van der Waals surface area contributed by atoms with Gasteiger partial charge < -0.3 is 14.1 Å². The molecule has 29 heavy (non-hydrogen) atoms. The number of aryl methyl sites for hydroxylation is 1. The Morgan fingerprint density at radius 2 is 1.83 bits per heavy atom. The van der Waals surface area contributed by atoms with Gasteiger partial charge in [0, 0.05) is 25.2 Å². The van der Waals surface area contributed by atoms with Gasteiger partial charge in [-0.15, -0.1) is 0 Å². The smallest absolute Gasteiger partial charge is 0.419 e. The molecule has 2 aromatic carbocycles. The second-order valence-electron chi connectivity index (χ2n) is 7.03. The number of hydrogen-bond acceptors (Lipinski definition) is 5. The predicted octanol–water partition coefficient (Wildman–Crippen LogP) is 3.36. The van der Waals surface area contributed by atoms with E-state index in [1.54, 1.807) is 35.2 Å². The maximum atomic E-state index is 12.2. The molecule has 7 nitrogen and oxygen atoms in total. The maximum absolute atomic E-state index is 12.2. The van der Waals surface area contributed by atoms with Gasteiger partial charge in [-0.05, 0) is 55.7 Å². The molecule has 0 saturated carbocycles. The molecule has 1 aliphatic heterocycles. The summed E-state index contributed by atoms with van der Waals surface area (Å²) in [5.41, 5.74) is 2.51. The van der Waals surface area contributed by atoms with Gasteiger partial charge in [0.1, 0.15) is 0 Å². The molecule has 0 atom stereocenters. The summed E-state index contributed by atoms with van der Waals surface area (Å²) in [7, 11) is 0. The molecule has 1 amide bonds. The lowest BCUT2D eigenvalue weighted by molar-refractivity contribution is -0.119. The molecule has 1 fully saturated rings. The zero-order valence-corrected chi connectivity index (χ0v) is 16.0. The second kappa shape index (κ2) is 8.34. The van der Waals surface area contributed by atoms with Crippen molar-refractivity contribution in [3.63, 3.8) is 0 Å². The molecule has 7 heteroatoms. The Morgan fingerprint density at radius 3 is 2.62 bits per heavy atom.